The summed E-state index contributed by atoms with van der Waals surface area (Å²) in [6.45, 7) is 5.70. The Kier molecular flexibility index (Phi) is 8.29. The zero-order chi connectivity index (χ0) is 28.0. The van der Waals surface area contributed by atoms with Crippen LogP contribution in [-0.2, 0) is 24.5 Å². The van der Waals surface area contributed by atoms with Gasteiger partial charge in [0.1, 0.15) is 11.5 Å². The van der Waals surface area contributed by atoms with E-state index in [2.05, 4.69) is 31.5 Å². The van der Waals surface area contributed by atoms with Crippen LogP contribution in [0.25, 0.3) is 0 Å². The normalized spacial score (nSPS) is 15.0. The SMILES string of the molecule is CC(C)(C)c1ccc(C(=O)NN2C[C@@H](C(=O)OCC(=O)Nc3ccc(Oc4ccccc4)cc3)CC2=O)cc1. The van der Waals surface area contributed by atoms with Crippen LogP contribution < -0.4 is 15.5 Å². The standard InChI is InChI=1S/C30H31N3O6/c1-30(2,3)22-11-9-20(10-12-22)28(36)32-33-18-21(17-27(33)35)29(37)38-19-26(34)31-23-13-15-25(16-14-23)39-24-7-5-4-6-8-24/h4-16,21H,17-19H2,1-3H3,(H,31,34)(H,32,36)/t21-/m0/s1. The van der Waals surface area contributed by atoms with Gasteiger partial charge in [0.05, 0.1) is 12.5 Å². The van der Waals surface area contributed by atoms with Gasteiger partial charge in [0.15, 0.2) is 6.61 Å². The number of hydrogen-bond acceptors (Lipinski definition) is 6. The lowest BCUT2D eigenvalue weighted by molar-refractivity contribution is -0.151. The molecule has 1 fully saturated rings. The van der Waals surface area contributed by atoms with Crippen LogP contribution in [0.4, 0.5) is 5.69 Å². The highest BCUT2D eigenvalue weighted by Crippen LogP contribution is 2.24. The van der Waals surface area contributed by atoms with Crippen LogP contribution >= 0.6 is 0 Å². The lowest BCUT2D eigenvalue weighted by atomic mass is 9.87. The summed E-state index contributed by atoms with van der Waals surface area (Å²) in [5.41, 5.74) is 4.50. The number of hydrazine groups is 1. The first-order valence-electron chi connectivity index (χ1n) is 12.6. The van der Waals surface area contributed by atoms with Crippen molar-refractivity contribution in [2.75, 3.05) is 18.5 Å². The predicted molar refractivity (Wildman–Crippen MR) is 145 cm³/mol. The Morgan fingerprint density at radius 3 is 2.18 bits per heavy atom. The molecule has 3 amide bonds. The molecule has 3 aromatic carbocycles. The second-order valence-electron chi connectivity index (χ2n) is 10.3. The van der Waals surface area contributed by atoms with Crippen LogP contribution in [0.1, 0.15) is 43.1 Å². The monoisotopic (exact) mass is 529 g/mol. The first-order valence-corrected chi connectivity index (χ1v) is 12.6. The van der Waals surface area contributed by atoms with Gasteiger partial charge in [-0.05, 0) is 59.5 Å². The molecule has 0 saturated carbocycles. The molecule has 1 aliphatic heterocycles. The van der Waals surface area contributed by atoms with E-state index in [1.807, 2.05) is 42.5 Å². The van der Waals surface area contributed by atoms with E-state index in [9.17, 15) is 19.2 Å². The van der Waals surface area contributed by atoms with Crippen molar-refractivity contribution in [3.63, 3.8) is 0 Å². The Morgan fingerprint density at radius 2 is 1.54 bits per heavy atom. The Bertz CT molecular complexity index is 1330. The highest BCUT2D eigenvalue weighted by Gasteiger charge is 2.36. The van der Waals surface area contributed by atoms with Gasteiger partial charge in [-0.2, -0.15) is 0 Å². The molecule has 39 heavy (non-hydrogen) atoms. The molecule has 1 atom stereocenters. The number of nitrogens with one attached hydrogen (secondary N) is 2. The molecule has 0 bridgehead atoms. The summed E-state index contributed by atoms with van der Waals surface area (Å²) in [7, 11) is 0. The van der Waals surface area contributed by atoms with Gasteiger partial charge in [-0.3, -0.25) is 29.6 Å². The van der Waals surface area contributed by atoms with E-state index in [4.69, 9.17) is 9.47 Å². The van der Waals surface area contributed by atoms with Gasteiger partial charge < -0.3 is 14.8 Å². The molecule has 4 rings (SSSR count). The molecule has 202 valence electrons. The van der Waals surface area contributed by atoms with Crippen LogP contribution in [0.5, 0.6) is 11.5 Å². The molecule has 9 heteroatoms. The summed E-state index contributed by atoms with van der Waals surface area (Å²) < 4.78 is 10.8. The Hall–Kier alpha value is -4.66. The van der Waals surface area contributed by atoms with Gasteiger partial charge in [-0.25, -0.2) is 0 Å². The number of para-hydroxylation sites is 1. The molecular formula is C30H31N3O6. The van der Waals surface area contributed by atoms with Crippen LogP contribution in [0.15, 0.2) is 78.9 Å². The molecule has 0 aromatic heterocycles. The summed E-state index contributed by atoms with van der Waals surface area (Å²) >= 11 is 0. The van der Waals surface area contributed by atoms with Gasteiger partial charge in [0.2, 0.25) is 5.91 Å². The maximum absolute atomic E-state index is 12.6. The topological polar surface area (TPSA) is 114 Å². The smallest absolute Gasteiger partial charge is 0.311 e. The molecule has 0 radical (unpaired) electrons. The minimum Gasteiger partial charge on any atom is -0.457 e. The minimum atomic E-state index is -0.789. The lowest BCUT2D eigenvalue weighted by Crippen LogP contribution is -2.43. The van der Waals surface area contributed by atoms with Crippen LogP contribution in [0, 0.1) is 5.92 Å². The molecule has 1 aliphatic rings. The highest BCUT2D eigenvalue weighted by molar-refractivity contribution is 5.97. The van der Waals surface area contributed by atoms with E-state index < -0.39 is 36.2 Å². The average molecular weight is 530 g/mol. The maximum atomic E-state index is 12.6. The number of hydrogen-bond donors (Lipinski definition) is 2. The molecule has 2 N–H and O–H groups in total. The van der Waals surface area contributed by atoms with Gasteiger partial charge in [-0.1, -0.05) is 51.1 Å². The van der Waals surface area contributed by atoms with Gasteiger partial charge in [-0.15, -0.1) is 0 Å². The molecule has 9 nitrogen and oxygen atoms in total. The van der Waals surface area contributed by atoms with E-state index in [-0.39, 0.29) is 18.4 Å². The first-order chi connectivity index (χ1) is 18.6. The van der Waals surface area contributed by atoms with E-state index in [1.54, 1.807) is 36.4 Å². The lowest BCUT2D eigenvalue weighted by Gasteiger charge is -2.20. The summed E-state index contributed by atoms with van der Waals surface area (Å²) in [6.07, 6.45) is -0.118. The van der Waals surface area contributed by atoms with Crippen molar-refractivity contribution >= 4 is 29.4 Å². The fourth-order valence-corrected chi connectivity index (χ4v) is 3.96. The number of amides is 3. The van der Waals surface area contributed by atoms with E-state index in [0.29, 0.717) is 22.7 Å². The van der Waals surface area contributed by atoms with Gasteiger partial charge >= 0.3 is 5.97 Å². The van der Waals surface area contributed by atoms with Gasteiger partial charge in [0, 0.05) is 17.7 Å². The number of ether oxygens (including phenoxy) is 2. The number of anilines is 1. The number of esters is 1. The van der Waals surface area contributed by atoms with E-state index in [0.717, 1.165) is 10.6 Å². The van der Waals surface area contributed by atoms with Crippen molar-refractivity contribution in [1.82, 2.24) is 10.4 Å². The molecule has 0 unspecified atom stereocenters. The van der Waals surface area contributed by atoms with E-state index in [1.165, 1.54) is 0 Å². The number of rotatable bonds is 8. The fourth-order valence-electron chi connectivity index (χ4n) is 3.96. The summed E-state index contributed by atoms with van der Waals surface area (Å²) in [6, 6.07) is 23.2. The highest BCUT2D eigenvalue weighted by atomic mass is 16.5. The third-order valence-corrected chi connectivity index (χ3v) is 6.17. The molecule has 1 saturated heterocycles. The van der Waals surface area contributed by atoms with Crippen LogP contribution in [-0.4, -0.2) is 41.9 Å². The van der Waals surface area contributed by atoms with Crippen molar-refractivity contribution in [2.45, 2.75) is 32.6 Å². The third kappa shape index (κ3) is 7.44. The van der Waals surface area contributed by atoms with Crippen LogP contribution in [0.2, 0.25) is 0 Å². The minimum absolute atomic E-state index is 0.0338. The van der Waals surface area contributed by atoms with Crippen molar-refractivity contribution < 1.29 is 28.7 Å². The van der Waals surface area contributed by atoms with Crippen molar-refractivity contribution in [3.05, 3.63) is 90.0 Å². The van der Waals surface area contributed by atoms with E-state index >= 15 is 0 Å². The molecule has 0 aliphatic carbocycles. The zero-order valence-electron chi connectivity index (χ0n) is 22.1. The number of carbonyl (C=O) groups is 4. The Morgan fingerprint density at radius 1 is 0.897 bits per heavy atom. The Labute approximate surface area is 227 Å². The molecular weight excluding hydrogens is 498 g/mol. The molecule has 0 spiro atoms. The third-order valence-electron chi connectivity index (χ3n) is 6.17. The second-order valence-corrected chi connectivity index (χ2v) is 10.3. The van der Waals surface area contributed by atoms with Crippen molar-refractivity contribution in [2.24, 2.45) is 5.92 Å². The van der Waals surface area contributed by atoms with Crippen molar-refractivity contribution in [1.29, 1.82) is 0 Å². The largest absolute Gasteiger partial charge is 0.457 e. The number of nitrogens with zero attached hydrogens (tertiary/aromatic N) is 1. The Balaban J connectivity index is 1.22. The quantitative estimate of drug-likeness (QED) is 0.417. The number of benzene rings is 3. The van der Waals surface area contributed by atoms with Crippen molar-refractivity contribution in [3.8, 4) is 11.5 Å². The van der Waals surface area contributed by atoms with Gasteiger partial charge in [0.25, 0.3) is 11.8 Å². The summed E-state index contributed by atoms with van der Waals surface area (Å²) in [5.74, 6) is -1.54. The predicted octanol–water partition coefficient (Wildman–Crippen LogP) is 4.45. The van der Waals surface area contributed by atoms with Crippen LogP contribution in [0.3, 0.4) is 0 Å². The zero-order valence-corrected chi connectivity index (χ0v) is 22.1. The second kappa shape index (κ2) is 11.8. The summed E-state index contributed by atoms with van der Waals surface area (Å²) in [4.78, 5) is 49.7. The number of carbonyl (C=O) groups excluding carboxylic acids is 4. The maximum Gasteiger partial charge on any atom is 0.311 e. The average Bonchev–Trinajstić information content (AvgIpc) is 3.28. The fraction of sp³-hybridized carbons (Fsp3) is 0.267. The first kappa shape index (κ1) is 27.4. The molecule has 3 aromatic rings. The summed E-state index contributed by atoms with van der Waals surface area (Å²) in [5, 5.41) is 3.76. The molecule has 1 heterocycles.